The van der Waals surface area contributed by atoms with Gasteiger partial charge < -0.3 is 16.0 Å². The van der Waals surface area contributed by atoms with Crippen molar-refractivity contribution in [1.82, 2.24) is 15.1 Å². The molecular weight excluding hydrogens is 240 g/mol. The highest BCUT2D eigenvalue weighted by Crippen LogP contribution is 2.17. The van der Waals surface area contributed by atoms with E-state index in [0.29, 0.717) is 6.04 Å². The molecule has 1 saturated heterocycles. The lowest BCUT2D eigenvalue weighted by molar-refractivity contribution is -0.124. The lowest BCUT2D eigenvalue weighted by Crippen LogP contribution is -2.58. The molecule has 0 bridgehead atoms. The van der Waals surface area contributed by atoms with Gasteiger partial charge in [0.1, 0.15) is 0 Å². The van der Waals surface area contributed by atoms with E-state index in [2.05, 4.69) is 29.0 Å². The molecule has 2 unspecified atom stereocenters. The molecule has 1 heterocycles. The van der Waals surface area contributed by atoms with Gasteiger partial charge in [-0.2, -0.15) is 0 Å². The number of amides is 1. The van der Waals surface area contributed by atoms with Crippen molar-refractivity contribution in [3.8, 4) is 0 Å². The first-order valence-corrected chi connectivity index (χ1v) is 7.44. The number of carbonyl (C=O) groups excluding carboxylic acids is 1. The Balaban J connectivity index is 2.53. The number of nitrogens with zero attached hydrogens (tertiary/aromatic N) is 2. The standard InChI is InChI=1S/C14H30N4O/c1-5-16-14(4,13(15)19)11-12(3)18-9-7-17(6-2)8-10-18/h12,16H,5-11H2,1-4H3,(H2,15,19). The normalized spacial score (nSPS) is 22.9. The van der Waals surface area contributed by atoms with Crippen LogP contribution < -0.4 is 11.1 Å². The van der Waals surface area contributed by atoms with Crippen LogP contribution in [-0.2, 0) is 4.79 Å². The number of likely N-dealkylation sites (N-methyl/N-ethyl adjacent to an activating group) is 2. The summed E-state index contributed by atoms with van der Waals surface area (Å²) in [6, 6.07) is 0.371. The van der Waals surface area contributed by atoms with Gasteiger partial charge >= 0.3 is 0 Å². The second kappa shape index (κ2) is 7.22. The molecule has 1 fully saturated rings. The van der Waals surface area contributed by atoms with Crippen molar-refractivity contribution in [2.75, 3.05) is 39.3 Å². The number of rotatable bonds is 7. The summed E-state index contributed by atoms with van der Waals surface area (Å²) in [4.78, 5) is 16.6. The highest BCUT2D eigenvalue weighted by atomic mass is 16.1. The highest BCUT2D eigenvalue weighted by molar-refractivity contribution is 5.84. The van der Waals surface area contributed by atoms with Crippen LogP contribution in [-0.4, -0.2) is 66.6 Å². The maximum absolute atomic E-state index is 11.7. The zero-order valence-corrected chi connectivity index (χ0v) is 12.9. The van der Waals surface area contributed by atoms with Gasteiger partial charge in [0, 0.05) is 32.2 Å². The minimum atomic E-state index is -0.601. The van der Waals surface area contributed by atoms with Crippen LogP contribution in [0.4, 0.5) is 0 Å². The van der Waals surface area contributed by atoms with E-state index in [4.69, 9.17) is 5.73 Å². The van der Waals surface area contributed by atoms with Gasteiger partial charge in [-0.1, -0.05) is 13.8 Å². The fourth-order valence-corrected chi connectivity index (χ4v) is 2.89. The number of nitrogens with two attached hydrogens (primary N) is 1. The van der Waals surface area contributed by atoms with Gasteiger partial charge in [-0.05, 0) is 33.4 Å². The Hall–Kier alpha value is -0.650. The van der Waals surface area contributed by atoms with Crippen molar-refractivity contribution in [2.45, 2.75) is 45.7 Å². The summed E-state index contributed by atoms with van der Waals surface area (Å²) in [6.07, 6.45) is 0.766. The summed E-state index contributed by atoms with van der Waals surface area (Å²) in [5.41, 5.74) is 4.95. The number of piperazine rings is 1. The predicted molar refractivity (Wildman–Crippen MR) is 79.0 cm³/mol. The van der Waals surface area contributed by atoms with Gasteiger partial charge in [-0.25, -0.2) is 0 Å². The third kappa shape index (κ3) is 4.44. The average molecular weight is 270 g/mol. The minimum Gasteiger partial charge on any atom is -0.368 e. The molecule has 19 heavy (non-hydrogen) atoms. The molecule has 0 aromatic heterocycles. The Bertz CT molecular complexity index is 289. The van der Waals surface area contributed by atoms with Crippen LogP contribution in [0.5, 0.6) is 0 Å². The molecular formula is C14H30N4O. The molecule has 0 aromatic rings. The second-order valence-electron chi connectivity index (χ2n) is 5.75. The van der Waals surface area contributed by atoms with E-state index in [0.717, 1.165) is 45.7 Å². The number of hydrogen-bond acceptors (Lipinski definition) is 4. The molecule has 0 aromatic carbocycles. The number of nitrogens with one attached hydrogen (secondary N) is 1. The van der Waals surface area contributed by atoms with Crippen molar-refractivity contribution in [3.63, 3.8) is 0 Å². The van der Waals surface area contributed by atoms with E-state index in [1.807, 2.05) is 13.8 Å². The maximum Gasteiger partial charge on any atom is 0.237 e. The lowest BCUT2D eigenvalue weighted by Gasteiger charge is -2.40. The molecule has 1 aliphatic rings. The van der Waals surface area contributed by atoms with Crippen molar-refractivity contribution < 1.29 is 4.79 Å². The van der Waals surface area contributed by atoms with Crippen molar-refractivity contribution in [3.05, 3.63) is 0 Å². The summed E-state index contributed by atoms with van der Waals surface area (Å²) in [5.74, 6) is -0.256. The van der Waals surface area contributed by atoms with Crippen LogP contribution in [0, 0.1) is 0 Å². The first kappa shape index (κ1) is 16.4. The molecule has 3 N–H and O–H groups in total. The first-order valence-electron chi connectivity index (χ1n) is 7.44. The van der Waals surface area contributed by atoms with Gasteiger partial charge in [-0.15, -0.1) is 0 Å². The molecule has 5 nitrogen and oxygen atoms in total. The zero-order chi connectivity index (χ0) is 14.5. The fourth-order valence-electron chi connectivity index (χ4n) is 2.89. The van der Waals surface area contributed by atoms with Crippen LogP contribution in [0.1, 0.15) is 34.1 Å². The second-order valence-corrected chi connectivity index (χ2v) is 5.75. The van der Waals surface area contributed by atoms with E-state index in [1.54, 1.807) is 0 Å². The van der Waals surface area contributed by atoms with E-state index < -0.39 is 5.54 Å². The van der Waals surface area contributed by atoms with Crippen LogP contribution >= 0.6 is 0 Å². The molecule has 2 atom stereocenters. The van der Waals surface area contributed by atoms with Gasteiger partial charge in [0.25, 0.3) is 0 Å². The molecule has 0 spiro atoms. The van der Waals surface area contributed by atoms with Crippen LogP contribution in [0.3, 0.4) is 0 Å². The molecule has 0 radical (unpaired) electrons. The maximum atomic E-state index is 11.7. The number of carbonyl (C=O) groups is 1. The minimum absolute atomic E-state index is 0.256. The van der Waals surface area contributed by atoms with E-state index in [9.17, 15) is 4.79 Å². The van der Waals surface area contributed by atoms with Crippen molar-refractivity contribution in [2.24, 2.45) is 5.73 Å². The summed E-state index contributed by atoms with van der Waals surface area (Å²) < 4.78 is 0. The van der Waals surface area contributed by atoms with E-state index >= 15 is 0 Å². The van der Waals surface area contributed by atoms with E-state index in [1.165, 1.54) is 0 Å². The lowest BCUT2D eigenvalue weighted by atomic mass is 9.91. The molecule has 1 rings (SSSR count). The SMILES string of the molecule is CCNC(C)(CC(C)N1CCN(CC)CC1)C(N)=O. The summed E-state index contributed by atoms with van der Waals surface area (Å²) >= 11 is 0. The smallest absolute Gasteiger partial charge is 0.237 e. The first-order chi connectivity index (χ1) is 8.92. The third-order valence-electron chi connectivity index (χ3n) is 4.29. The zero-order valence-electron chi connectivity index (χ0n) is 12.9. The average Bonchev–Trinajstić information content (AvgIpc) is 2.38. The van der Waals surface area contributed by atoms with Gasteiger partial charge in [0.2, 0.25) is 5.91 Å². The molecule has 0 aliphatic carbocycles. The number of primary amides is 1. The molecule has 1 aliphatic heterocycles. The van der Waals surface area contributed by atoms with Crippen molar-refractivity contribution in [1.29, 1.82) is 0 Å². The van der Waals surface area contributed by atoms with Crippen LogP contribution in [0.2, 0.25) is 0 Å². The van der Waals surface area contributed by atoms with E-state index in [-0.39, 0.29) is 5.91 Å². The predicted octanol–water partition coefficient (Wildman–Crippen LogP) is 0.256. The monoisotopic (exact) mass is 270 g/mol. The Morgan fingerprint density at radius 1 is 1.32 bits per heavy atom. The Morgan fingerprint density at radius 2 is 1.89 bits per heavy atom. The van der Waals surface area contributed by atoms with Crippen LogP contribution in [0.25, 0.3) is 0 Å². The molecule has 5 heteroatoms. The third-order valence-corrected chi connectivity index (χ3v) is 4.29. The van der Waals surface area contributed by atoms with Crippen molar-refractivity contribution >= 4 is 5.91 Å². The molecule has 1 amide bonds. The highest BCUT2D eigenvalue weighted by Gasteiger charge is 2.34. The van der Waals surface area contributed by atoms with Crippen LogP contribution in [0.15, 0.2) is 0 Å². The van der Waals surface area contributed by atoms with Gasteiger partial charge in [0.05, 0.1) is 5.54 Å². The Labute approximate surface area is 117 Å². The summed E-state index contributed by atoms with van der Waals surface area (Å²) in [5, 5.41) is 3.24. The fraction of sp³-hybridized carbons (Fsp3) is 0.929. The van der Waals surface area contributed by atoms with Gasteiger partial charge in [0.15, 0.2) is 0 Å². The van der Waals surface area contributed by atoms with Gasteiger partial charge in [-0.3, -0.25) is 9.69 Å². The topological polar surface area (TPSA) is 61.6 Å². The molecule has 112 valence electrons. The number of hydrogen-bond donors (Lipinski definition) is 2. The summed E-state index contributed by atoms with van der Waals surface area (Å²) in [7, 11) is 0. The molecule has 0 saturated carbocycles. The Kier molecular flexibility index (Phi) is 6.23. The largest absolute Gasteiger partial charge is 0.368 e. The Morgan fingerprint density at radius 3 is 2.32 bits per heavy atom. The quantitative estimate of drug-likeness (QED) is 0.696. The summed E-state index contributed by atoms with van der Waals surface area (Å²) in [6.45, 7) is 14.6.